The van der Waals surface area contributed by atoms with Gasteiger partial charge in [0.1, 0.15) is 0 Å². The van der Waals surface area contributed by atoms with Crippen molar-refractivity contribution >= 4 is 9.76 Å². The van der Waals surface area contributed by atoms with Crippen LogP contribution in [0.3, 0.4) is 0 Å². The predicted molar refractivity (Wildman–Crippen MR) is 139 cm³/mol. The molecule has 0 rings (SSSR count). The van der Waals surface area contributed by atoms with Crippen molar-refractivity contribution in [3.8, 4) is 0 Å². The van der Waals surface area contributed by atoms with Crippen LogP contribution in [-0.2, 0) is 4.43 Å². The van der Waals surface area contributed by atoms with E-state index in [0.29, 0.717) is 0 Å². The Morgan fingerprint density at radius 3 is 1.03 bits per heavy atom. The molecule has 0 atom stereocenters. The van der Waals surface area contributed by atoms with Gasteiger partial charge in [-0.15, -0.1) is 0 Å². The van der Waals surface area contributed by atoms with Crippen LogP contribution in [-0.4, -0.2) is 16.4 Å². The molecular formula is C28H58OSi. The van der Waals surface area contributed by atoms with Crippen molar-refractivity contribution in [1.29, 1.82) is 0 Å². The molecule has 0 aliphatic carbocycles. The molecule has 0 aliphatic heterocycles. The molecule has 0 aromatic rings. The number of hydrogen-bond acceptors (Lipinski definition) is 1. The summed E-state index contributed by atoms with van der Waals surface area (Å²) in [6.07, 6.45) is 34.5. The maximum Gasteiger partial charge on any atom is 0.229 e. The summed E-state index contributed by atoms with van der Waals surface area (Å²) in [5.74, 6) is 0. The summed E-state index contributed by atoms with van der Waals surface area (Å²) in [5.41, 5.74) is 0. The summed E-state index contributed by atoms with van der Waals surface area (Å²) in [6.45, 7) is 5.58. The van der Waals surface area contributed by atoms with Crippen molar-refractivity contribution < 1.29 is 4.43 Å². The van der Waals surface area contributed by atoms with Crippen LogP contribution in [0.5, 0.6) is 0 Å². The molecule has 0 aromatic carbocycles. The molecule has 0 saturated carbocycles. The second-order valence-corrected chi connectivity index (χ2v) is 10.6. The average Bonchev–Trinajstić information content (AvgIpc) is 2.76. The number of rotatable bonds is 27. The first-order valence-electron chi connectivity index (χ1n) is 14.3. The molecule has 0 heterocycles. The molecule has 0 saturated heterocycles. The number of hydrogen-bond donors (Lipinski definition) is 0. The molecule has 0 aromatic heterocycles. The zero-order valence-electron chi connectivity index (χ0n) is 21.3. The average molecular weight is 439 g/mol. The third-order valence-electron chi connectivity index (χ3n) is 6.33. The summed E-state index contributed by atoms with van der Waals surface area (Å²) in [4.78, 5) is 0. The third-order valence-corrected chi connectivity index (χ3v) is 7.30. The Hall–Kier alpha value is 0.177. The molecular weight excluding hydrogens is 380 g/mol. The van der Waals surface area contributed by atoms with E-state index in [1.807, 2.05) is 0 Å². The molecule has 0 fully saturated rings. The van der Waals surface area contributed by atoms with Crippen LogP contribution >= 0.6 is 0 Å². The second kappa shape index (κ2) is 29.2. The highest BCUT2D eigenvalue weighted by Crippen LogP contribution is 2.14. The van der Waals surface area contributed by atoms with Crippen molar-refractivity contribution in [3.63, 3.8) is 0 Å². The van der Waals surface area contributed by atoms with Crippen molar-refractivity contribution in [2.75, 3.05) is 6.61 Å². The van der Waals surface area contributed by atoms with Crippen LogP contribution in [0.15, 0.2) is 0 Å². The highest BCUT2D eigenvalue weighted by atomic mass is 28.2. The van der Waals surface area contributed by atoms with Crippen molar-refractivity contribution in [2.24, 2.45) is 0 Å². The Labute approximate surface area is 194 Å². The molecule has 1 nitrogen and oxygen atoms in total. The maximum absolute atomic E-state index is 5.78. The summed E-state index contributed by atoms with van der Waals surface area (Å²) in [7, 11) is 0.754. The Kier molecular flexibility index (Phi) is 29.3. The third kappa shape index (κ3) is 28.2. The highest BCUT2D eigenvalue weighted by Gasteiger charge is 1.96. The van der Waals surface area contributed by atoms with Gasteiger partial charge >= 0.3 is 0 Å². The second-order valence-electron chi connectivity index (χ2n) is 9.52. The fourth-order valence-corrected chi connectivity index (χ4v) is 5.03. The fourth-order valence-electron chi connectivity index (χ4n) is 4.20. The predicted octanol–water partition coefficient (Wildman–Crippen LogP) is 10.4. The van der Waals surface area contributed by atoms with E-state index in [9.17, 15) is 0 Å². The van der Waals surface area contributed by atoms with E-state index >= 15 is 0 Å². The van der Waals surface area contributed by atoms with Gasteiger partial charge in [0.25, 0.3) is 0 Å². The minimum absolute atomic E-state index is 0.754. The molecule has 2 radical (unpaired) electrons. The first kappa shape index (κ1) is 30.2. The molecule has 0 spiro atoms. The van der Waals surface area contributed by atoms with Crippen LogP contribution in [0.2, 0.25) is 6.04 Å². The topological polar surface area (TPSA) is 9.23 Å². The minimum atomic E-state index is 0.754. The van der Waals surface area contributed by atoms with Gasteiger partial charge in [0.15, 0.2) is 0 Å². The standard InChI is InChI=1S/C28H58OSi/c1-3-5-7-9-10-11-12-13-14-15-16-17-18-19-20-21-22-23-24-25-27-29-30-28-26-8-6-4-2/h3-28H2,1-2H3. The van der Waals surface area contributed by atoms with Crippen molar-refractivity contribution in [1.82, 2.24) is 0 Å². The normalized spacial score (nSPS) is 11.4. The van der Waals surface area contributed by atoms with Gasteiger partial charge in [0.05, 0.1) is 0 Å². The van der Waals surface area contributed by atoms with Gasteiger partial charge in [0, 0.05) is 6.61 Å². The first-order chi connectivity index (χ1) is 14.9. The van der Waals surface area contributed by atoms with E-state index in [1.165, 1.54) is 160 Å². The molecule has 0 amide bonds. The maximum atomic E-state index is 5.78. The quantitative estimate of drug-likeness (QED) is 0.0915. The number of unbranched alkanes of at least 4 members (excludes halogenated alkanes) is 22. The van der Waals surface area contributed by atoms with Crippen LogP contribution in [0.1, 0.15) is 168 Å². The largest absolute Gasteiger partial charge is 0.417 e. The van der Waals surface area contributed by atoms with Gasteiger partial charge in [-0.05, 0) is 12.5 Å². The Morgan fingerprint density at radius 2 is 0.667 bits per heavy atom. The van der Waals surface area contributed by atoms with Crippen LogP contribution in [0.25, 0.3) is 0 Å². The monoisotopic (exact) mass is 438 g/mol. The molecule has 0 aliphatic rings. The van der Waals surface area contributed by atoms with Gasteiger partial charge < -0.3 is 4.43 Å². The van der Waals surface area contributed by atoms with Crippen molar-refractivity contribution in [2.45, 2.75) is 174 Å². The lowest BCUT2D eigenvalue weighted by Gasteiger charge is -2.05. The Balaban J connectivity index is 2.97. The molecule has 0 N–H and O–H groups in total. The molecule has 2 heteroatoms. The van der Waals surface area contributed by atoms with E-state index < -0.39 is 0 Å². The van der Waals surface area contributed by atoms with E-state index in [-0.39, 0.29) is 0 Å². The first-order valence-corrected chi connectivity index (χ1v) is 15.4. The van der Waals surface area contributed by atoms with E-state index in [4.69, 9.17) is 4.43 Å². The molecule has 30 heavy (non-hydrogen) atoms. The molecule has 180 valence electrons. The Morgan fingerprint density at radius 1 is 0.367 bits per heavy atom. The van der Waals surface area contributed by atoms with Gasteiger partial charge in [-0.25, -0.2) is 0 Å². The fraction of sp³-hybridized carbons (Fsp3) is 1.00. The SMILES string of the molecule is CCCCCCCCCCCCCCCCCCCCCCO[Si]CCCCCC. The van der Waals surface area contributed by atoms with Crippen LogP contribution in [0, 0.1) is 0 Å². The summed E-state index contributed by atoms with van der Waals surface area (Å²) >= 11 is 0. The smallest absolute Gasteiger partial charge is 0.229 e. The van der Waals surface area contributed by atoms with Crippen LogP contribution in [0.4, 0.5) is 0 Å². The Bertz CT molecular complexity index is 254. The van der Waals surface area contributed by atoms with Crippen LogP contribution < -0.4 is 0 Å². The molecule has 0 unspecified atom stereocenters. The zero-order valence-corrected chi connectivity index (χ0v) is 22.3. The van der Waals surface area contributed by atoms with E-state index in [1.54, 1.807) is 0 Å². The van der Waals surface area contributed by atoms with Crippen molar-refractivity contribution in [3.05, 3.63) is 0 Å². The van der Waals surface area contributed by atoms with Gasteiger partial charge in [-0.1, -0.05) is 162 Å². The van der Waals surface area contributed by atoms with E-state index in [2.05, 4.69) is 13.8 Å². The minimum Gasteiger partial charge on any atom is -0.417 e. The zero-order chi connectivity index (χ0) is 21.8. The summed E-state index contributed by atoms with van der Waals surface area (Å²) in [5, 5.41) is 0. The summed E-state index contributed by atoms with van der Waals surface area (Å²) < 4.78 is 5.78. The molecule has 0 bridgehead atoms. The lowest BCUT2D eigenvalue weighted by atomic mass is 10.0. The summed E-state index contributed by atoms with van der Waals surface area (Å²) in [6, 6.07) is 1.29. The van der Waals surface area contributed by atoms with Gasteiger partial charge in [0.2, 0.25) is 9.76 Å². The highest BCUT2D eigenvalue weighted by molar-refractivity contribution is 6.26. The van der Waals surface area contributed by atoms with Gasteiger partial charge in [-0.3, -0.25) is 0 Å². The lowest BCUT2D eigenvalue weighted by Crippen LogP contribution is -2.00. The van der Waals surface area contributed by atoms with Gasteiger partial charge in [-0.2, -0.15) is 0 Å². The lowest BCUT2D eigenvalue weighted by molar-refractivity contribution is 0.319. The van der Waals surface area contributed by atoms with E-state index in [0.717, 1.165) is 16.4 Å².